The number of ether oxygens (including phenoxy) is 1. The normalized spacial score (nSPS) is 13.0. The molecule has 2 N–H and O–H groups in total. The van der Waals surface area contributed by atoms with E-state index >= 15 is 0 Å². The Kier molecular flexibility index (Phi) is 9.84. The number of H-pyrrole nitrogens is 1. The second-order valence-corrected chi connectivity index (χ2v) is 11.5. The number of benzene rings is 3. The molecule has 0 aliphatic carbocycles. The number of likely N-dealkylation sites (N-methyl/N-ethyl adjacent to an activating group) is 1. The lowest BCUT2D eigenvalue weighted by molar-refractivity contribution is -0.137. The second-order valence-electron chi connectivity index (χ2n) is 11.5. The van der Waals surface area contributed by atoms with Crippen LogP contribution in [0.15, 0.2) is 91.1 Å². The number of hydrogen-bond donors (Lipinski definition) is 2. The fraction of sp³-hybridized carbons (Fsp3) is 0.353. The van der Waals surface area contributed by atoms with E-state index in [0.717, 1.165) is 23.1 Å². The SMILES string of the molecule is CC(NCCc1c[nH]c2ccccc12)N(C(=O)OC(C)(C)C)C(Cc1ccccc1)C(=O)N(C)Cc1ccccc1. The Balaban J connectivity index is 1.59. The van der Waals surface area contributed by atoms with E-state index < -0.39 is 23.9 Å². The first-order valence-electron chi connectivity index (χ1n) is 14.2. The van der Waals surface area contributed by atoms with Gasteiger partial charge in [0, 0.05) is 43.7 Å². The summed E-state index contributed by atoms with van der Waals surface area (Å²) in [6.07, 6.45) is 2.18. The number of nitrogens with zero attached hydrogens (tertiary/aromatic N) is 2. The summed E-state index contributed by atoms with van der Waals surface area (Å²) in [6.45, 7) is 8.50. The summed E-state index contributed by atoms with van der Waals surface area (Å²) in [7, 11) is 1.79. The number of aromatic amines is 1. The smallest absolute Gasteiger partial charge is 0.412 e. The predicted octanol–water partition coefficient (Wildman–Crippen LogP) is 6.15. The molecule has 1 heterocycles. The molecular formula is C34H42N4O3. The third kappa shape index (κ3) is 8.21. The van der Waals surface area contributed by atoms with Gasteiger partial charge in [-0.1, -0.05) is 78.9 Å². The molecule has 7 heteroatoms. The Morgan fingerprint density at radius 2 is 1.51 bits per heavy atom. The quantitative estimate of drug-likeness (QED) is 0.218. The first kappa shape index (κ1) is 29.9. The highest BCUT2D eigenvalue weighted by Crippen LogP contribution is 2.21. The van der Waals surface area contributed by atoms with Crippen LogP contribution in [0.2, 0.25) is 0 Å². The molecule has 2 atom stereocenters. The minimum atomic E-state index is -0.767. The average molecular weight is 555 g/mol. The van der Waals surface area contributed by atoms with Gasteiger partial charge < -0.3 is 14.6 Å². The van der Waals surface area contributed by atoms with Gasteiger partial charge in [0.15, 0.2) is 0 Å². The fourth-order valence-corrected chi connectivity index (χ4v) is 5.05. The van der Waals surface area contributed by atoms with Crippen molar-refractivity contribution >= 4 is 22.9 Å². The van der Waals surface area contributed by atoms with Gasteiger partial charge in [-0.25, -0.2) is 4.79 Å². The standard InChI is InChI=1S/C34H42N4O3/c1-25(35-21-20-28-23-36-30-19-13-12-18-29(28)30)38(33(40)41-34(2,3)4)31(22-26-14-8-6-9-15-26)32(39)37(5)24-27-16-10-7-11-17-27/h6-19,23,25,31,35-36H,20-22,24H2,1-5H3. The summed E-state index contributed by atoms with van der Waals surface area (Å²) in [6, 6.07) is 27.1. The molecule has 1 aromatic heterocycles. The van der Waals surface area contributed by atoms with Crippen molar-refractivity contribution in [2.24, 2.45) is 0 Å². The zero-order chi connectivity index (χ0) is 29.4. The van der Waals surface area contributed by atoms with E-state index in [1.807, 2.05) is 107 Å². The predicted molar refractivity (Wildman–Crippen MR) is 164 cm³/mol. The Labute approximate surface area is 243 Å². The van der Waals surface area contributed by atoms with E-state index in [-0.39, 0.29) is 5.91 Å². The van der Waals surface area contributed by atoms with Crippen molar-refractivity contribution in [1.82, 2.24) is 20.1 Å². The van der Waals surface area contributed by atoms with Gasteiger partial charge in [-0.05, 0) is 56.9 Å². The molecule has 0 fully saturated rings. The first-order chi connectivity index (χ1) is 19.6. The molecular weight excluding hydrogens is 512 g/mol. The van der Waals surface area contributed by atoms with Crippen LogP contribution in [0.1, 0.15) is 44.4 Å². The Hall–Kier alpha value is -4.10. The van der Waals surface area contributed by atoms with E-state index in [0.29, 0.717) is 19.5 Å². The van der Waals surface area contributed by atoms with Gasteiger partial charge in [0.25, 0.3) is 0 Å². The van der Waals surface area contributed by atoms with Crippen molar-refractivity contribution in [1.29, 1.82) is 0 Å². The summed E-state index contributed by atoms with van der Waals surface area (Å²) in [5, 5.41) is 4.69. The monoisotopic (exact) mass is 554 g/mol. The van der Waals surface area contributed by atoms with E-state index in [1.165, 1.54) is 10.9 Å². The number of carbonyl (C=O) groups excluding carboxylic acids is 2. The molecule has 0 saturated carbocycles. The maximum atomic E-state index is 14.1. The molecule has 0 aliphatic rings. The Morgan fingerprint density at radius 1 is 0.902 bits per heavy atom. The van der Waals surface area contributed by atoms with Crippen LogP contribution in [0.4, 0.5) is 4.79 Å². The fourth-order valence-electron chi connectivity index (χ4n) is 5.05. The van der Waals surface area contributed by atoms with Crippen LogP contribution in [0.5, 0.6) is 0 Å². The van der Waals surface area contributed by atoms with Crippen LogP contribution in [0.3, 0.4) is 0 Å². The van der Waals surface area contributed by atoms with E-state index in [4.69, 9.17) is 4.74 Å². The molecule has 0 saturated heterocycles. The highest BCUT2D eigenvalue weighted by molar-refractivity contribution is 5.86. The van der Waals surface area contributed by atoms with Crippen LogP contribution in [-0.4, -0.2) is 58.2 Å². The minimum absolute atomic E-state index is 0.145. The highest BCUT2D eigenvalue weighted by atomic mass is 16.6. The van der Waals surface area contributed by atoms with Gasteiger partial charge in [-0.2, -0.15) is 0 Å². The third-order valence-corrected chi connectivity index (χ3v) is 7.06. The molecule has 0 bridgehead atoms. The topological polar surface area (TPSA) is 77.7 Å². The van der Waals surface area contributed by atoms with E-state index in [2.05, 4.69) is 22.4 Å². The summed E-state index contributed by atoms with van der Waals surface area (Å²) < 4.78 is 5.87. The van der Waals surface area contributed by atoms with Crippen molar-refractivity contribution in [3.63, 3.8) is 0 Å². The average Bonchev–Trinajstić information content (AvgIpc) is 3.35. The molecule has 0 aliphatic heterocycles. The molecule has 41 heavy (non-hydrogen) atoms. The van der Waals surface area contributed by atoms with E-state index in [1.54, 1.807) is 16.8 Å². The number of nitrogens with one attached hydrogen (secondary N) is 2. The second kappa shape index (κ2) is 13.5. The number of hydrogen-bond acceptors (Lipinski definition) is 4. The van der Waals surface area contributed by atoms with Crippen molar-refractivity contribution < 1.29 is 14.3 Å². The van der Waals surface area contributed by atoms with Crippen LogP contribution in [-0.2, 0) is 28.9 Å². The molecule has 0 spiro atoms. The van der Waals surface area contributed by atoms with Crippen molar-refractivity contribution in [3.05, 3.63) is 108 Å². The van der Waals surface area contributed by atoms with Gasteiger partial charge in [-0.3, -0.25) is 15.0 Å². The molecule has 2 unspecified atom stereocenters. The van der Waals surface area contributed by atoms with Gasteiger partial charge >= 0.3 is 6.09 Å². The molecule has 216 valence electrons. The van der Waals surface area contributed by atoms with Crippen LogP contribution in [0.25, 0.3) is 10.9 Å². The summed E-state index contributed by atoms with van der Waals surface area (Å²) in [5.41, 5.74) is 3.58. The van der Waals surface area contributed by atoms with Gasteiger partial charge in [0.1, 0.15) is 11.6 Å². The number of amides is 2. The van der Waals surface area contributed by atoms with Crippen LogP contribution < -0.4 is 5.32 Å². The zero-order valence-corrected chi connectivity index (χ0v) is 24.8. The molecule has 0 radical (unpaired) electrons. The van der Waals surface area contributed by atoms with Crippen molar-refractivity contribution in [3.8, 4) is 0 Å². The molecule has 3 aromatic carbocycles. The van der Waals surface area contributed by atoms with Crippen LogP contribution in [0, 0.1) is 0 Å². The Morgan fingerprint density at radius 3 is 2.17 bits per heavy atom. The number of carbonyl (C=O) groups is 2. The summed E-state index contributed by atoms with van der Waals surface area (Å²) in [5.74, 6) is -0.145. The molecule has 4 aromatic rings. The number of fused-ring (bicyclic) bond motifs is 1. The van der Waals surface area contributed by atoms with Crippen LogP contribution >= 0.6 is 0 Å². The lowest BCUT2D eigenvalue weighted by atomic mass is 10.0. The third-order valence-electron chi connectivity index (χ3n) is 7.06. The maximum Gasteiger partial charge on any atom is 0.412 e. The van der Waals surface area contributed by atoms with Gasteiger partial charge in [0.05, 0.1) is 6.17 Å². The summed E-state index contributed by atoms with van der Waals surface area (Å²) >= 11 is 0. The number of para-hydroxylation sites is 1. The molecule has 2 amide bonds. The molecule has 7 nitrogen and oxygen atoms in total. The lowest BCUT2D eigenvalue weighted by Gasteiger charge is -2.38. The first-order valence-corrected chi connectivity index (χ1v) is 14.2. The van der Waals surface area contributed by atoms with Gasteiger partial charge in [-0.15, -0.1) is 0 Å². The van der Waals surface area contributed by atoms with Crippen molar-refractivity contribution in [2.75, 3.05) is 13.6 Å². The van der Waals surface area contributed by atoms with Crippen molar-refractivity contribution in [2.45, 2.75) is 64.9 Å². The Bertz CT molecular complexity index is 1410. The lowest BCUT2D eigenvalue weighted by Crippen LogP contribution is -2.59. The van der Waals surface area contributed by atoms with E-state index in [9.17, 15) is 9.59 Å². The highest BCUT2D eigenvalue weighted by Gasteiger charge is 2.37. The largest absolute Gasteiger partial charge is 0.444 e. The number of aromatic nitrogens is 1. The van der Waals surface area contributed by atoms with Gasteiger partial charge in [0.2, 0.25) is 5.91 Å². The number of rotatable bonds is 11. The maximum absolute atomic E-state index is 14.1. The summed E-state index contributed by atoms with van der Waals surface area (Å²) in [4.78, 5) is 34.5. The molecule has 4 rings (SSSR count). The minimum Gasteiger partial charge on any atom is -0.444 e. The zero-order valence-electron chi connectivity index (χ0n) is 24.8.